The van der Waals surface area contributed by atoms with Crippen LogP contribution in [-0.4, -0.2) is 4.98 Å². The molecule has 0 radical (unpaired) electrons. The highest BCUT2D eigenvalue weighted by molar-refractivity contribution is 9.10. The average molecular weight is 290 g/mol. The minimum absolute atomic E-state index is 0.342. The fraction of sp³-hybridized carbons (Fsp3) is 0.182. The van der Waals surface area contributed by atoms with Gasteiger partial charge in [0.15, 0.2) is 0 Å². The van der Waals surface area contributed by atoms with Crippen LogP contribution in [0, 0.1) is 6.92 Å². The van der Waals surface area contributed by atoms with Crippen LogP contribution in [0.2, 0.25) is 0 Å². The summed E-state index contributed by atoms with van der Waals surface area (Å²) in [6.45, 7) is 1.84. The molecular weight excluding hydrogens is 283 g/mol. The first-order valence-corrected chi connectivity index (χ1v) is 5.32. The van der Waals surface area contributed by atoms with Gasteiger partial charge in [-0.3, -0.25) is 0 Å². The lowest BCUT2D eigenvalue weighted by molar-refractivity contribution is -0.140. The summed E-state index contributed by atoms with van der Waals surface area (Å²) in [4.78, 5) is 3.63. The third-order valence-corrected chi connectivity index (χ3v) is 2.96. The third-order valence-electron chi connectivity index (χ3n) is 2.32. The molecule has 5 heteroatoms. The largest absolute Gasteiger partial charge is 0.433 e. The van der Waals surface area contributed by atoms with E-state index >= 15 is 0 Å². The first-order chi connectivity index (χ1) is 7.39. The number of fused-ring (bicyclic) bond motifs is 1. The van der Waals surface area contributed by atoms with Gasteiger partial charge in [-0.15, -0.1) is 0 Å². The Morgan fingerprint density at radius 3 is 2.44 bits per heavy atom. The molecule has 0 aliphatic rings. The Morgan fingerprint density at radius 2 is 1.81 bits per heavy atom. The van der Waals surface area contributed by atoms with Crippen molar-refractivity contribution in [3.05, 3.63) is 40.0 Å². The van der Waals surface area contributed by atoms with E-state index < -0.39 is 11.9 Å². The lowest BCUT2D eigenvalue weighted by atomic mass is 10.1. The zero-order chi connectivity index (χ0) is 11.9. The van der Waals surface area contributed by atoms with Gasteiger partial charge < -0.3 is 0 Å². The van der Waals surface area contributed by atoms with Crippen LogP contribution in [0.25, 0.3) is 10.9 Å². The normalized spacial score (nSPS) is 12.1. The molecule has 2 rings (SSSR count). The summed E-state index contributed by atoms with van der Waals surface area (Å²) < 4.78 is 38.0. The maximum atomic E-state index is 12.5. The summed E-state index contributed by atoms with van der Waals surface area (Å²) in [6.07, 6.45) is -4.41. The standard InChI is InChI=1S/C11H7BrF3N/c1-6-2-4-8(12)10-7(6)3-5-9(16-10)11(13,14)15/h2-5H,1H3. The third kappa shape index (κ3) is 1.91. The highest BCUT2D eigenvalue weighted by atomic mass is 79.9. The van der Waals surface area contributed by atoms with Gasteiger partial charge in [0, 0.05) is 9.86 Å². The molecule has 1 heterocycles. The van der Waals surface area contributed by atoms with Gasteiger partial charge in [-0.25, -0.2) is 4.98 Å². The Bertz CT molecular complexity index is 549. The number of aryl methyl sites for hydroxylation is 1. The average Bonchev–Trinajstić information content (AvgIpc) is 2.22. The molecule has 0 aliphatic carbocycles. The molecular formula is C11H7BrF3N. The van der Waals surface area contributed by atoms with Crippen molar-refractivity contribution in [1.29, 1.82) is 0 Å². The maximum absolute atomic E-state index is 12.5. The molecule has 0 atom stereocenters. The van der Waals surface area contributed by atoms with Gasteiger partial charge in [-0.05, 0) is 40.5 Å². The molecule has 0 N–H and O–H groups in total. The first-order valence-electron chi connectivity index (χ1n) is 4.52. The minimum atomic E-state index is -4.41. The number of nitrogens with zero attached hydrogens (tertiary/aromatic N) is 1. The second-order valence-electron chi connectivity index (χ2n) is 3.45. The Morgan fingerprint density at radius 1 is 1.12 bits per heavy atom. The smallest absolute Gasteiger partial charge is 0.242 e. The number of alkyl halides is 3. The van der Waals surface area contributed by atoms with E-state index in [4.69, 9.17) is 0 Å². The second kappa shape index (κ2) is 3.73. The topological polar surface area (TPSA) is 12.9 Å². The van der Waals surface area contributed by atoms with Crippen molar-refractivity contribution >= 4 is 26.8 Å². The van der Waals surface area contributed by atoms with Crippen molar-refractivity contribution in [2.45, 2.75) is 13.1 Å². The summed E-state index contributed by atoms with van der Waals surface area (Å²) in [5.74, 6) is 0. The Labute approximate surface area is 98.4 Å². The van der Waals surface area contributed by atoms with E-state index in [1.807, 2.05) is 13.0 Å². The fourth-order valence-corrected chi connectivity index (χ4v) is 1.92. The van der Waals surface area contributed by atoms with E-state index in [1.165, 1.54) is 6.07 Å². The van der Waals surface area contributed by atoms with E-state index in [-0.39, 0.29) is 0 Å². The van der Waals surface area contributed by atoms with E-state index in [2.05, 4.69) is 20.9 Å². The Kier molecular flexibility index (Phi) is 2.66. The van der Waals surface area contributed by atoms with Crippen LogP contribution in [0.4, 0.5) is 13.2 Å². The van der Waals surface area contributed by atoms with E-state index in [0.717, 1.165) is 17.0 Å². The van der Waals surface area contributed by atoms with E-state index in [1.54, 1.807) is 6.07 Å². The quantitative estimate of drug-likeness (QED) is 0.704. The molecule has 1 aromatic carbocycles. The van der Waals surface area contributed by atoms with Crippen molar-refractivity contribution < 1.29 is 13.2 Å². The number of benzene rings is 1. The van der Waals surface area contributed by atoms with Gasteiger partial charge in [-0.2, -0.15) is 13.2 Å². The van der Waals surface area contributed by atoms with Gasteiger partial charge in [0.05, 0.1) is 5.52 Å². The van der Waals surface area contributed by atoms with E-state index in [9.17, 15) is 13.2 Å². The molecule has 0 amide bonds. The van der Waals surface area contributed by atoms with E-state index in [0.29, 0.717) is 9.99 Å². The minimum Gasteiger partial charge on any atom is -0.242 e. The molecule has 0 fully saturated rings. The first kappa shape index (κ1) is 11.4. The molecule has 0 saturated heterocycles. The Balaban J connectivity index is 2.76. The van der Waals surface area contributed by atoms with Crippen LogP contribution in [0.5, 0.6) is 0 Å². The molecule has 0 aliphatic heterocycles. The van der Waals surface area contributed by atoms with Crippen LogP contribution in [0.1, 0.15) is 11.3 Å². The van der Waals surface area contributed by atoms with Gasteiger partial charge >= 0.3 is 6.18 Å². The summed E-state index contributed by atoms with van der Waals surface area (Å²) in [7, 11) is 0. The van der Waals surface area contributed by atoms with Crippen molar-refractivity contribution in [3.63, 3.8) is 0 Å². The lowest BCUT2D eigenvalue weighted by Crippen LogP contribution is -2.07. The summed E-state index contributed by atoms with van der Waals surface area (Å²) in [5.41, 5.74) is 0.376. The predicted molar refractivity (Wildman–Crippen MR) is 59.2 cm³/mol. The highest BCUT2D eigenvalue weighted by Gasteiger charge is 2.32. The van der Waals surface area contributed by atoms with Crippen LogP contribution < -0.4 is 0 Å². The Hall–Kier alpha value is -1.10. The molecule has 84 valence electrons. The summed E-state index contributed by atoms with van der Waals surface area (Å²) in [5, 5.41) is 0.724. The molecule has 0 spiro atoms. The molecule has 1 aromatic heterocycles. The number of aromatic nitrogens is 1. The monoisotopic (exact) mass is 289 g/mol. The van der Waals surface area contributed by atoms with Gasteiger partial charge in [0.1, 0.15) is 5.69 Å². The van der Waals surface area contributed by atoms with Crippen molar-refractivity contribution in [2.24, 2.45) is 0 Å². The number of hydrogen-bond donors (Lipinski definition) is 0. The van der Waals surface area contributed by atoms with Crippen molar-refractivity contribution in [2.75, 3.05) is 0 Å². The van der Waals surface area contributed by atoms with Crippen LogP contribution >= 0.6 is 15.9 Å². The fourth-order valence-electron chi connectivity index (χ4n) is 1.48. The molecule has 0 bridgehead atoms. The molecule has 16 heavy (non-hydrogen) atoms. The number of pyridine rings is 1. The predicted octanol–water partition coefficient (Wildman–Crippen LogP) is 4.32. The molecule has 0 unspecified atom stereocenters. The van der Waals surface area contributed by atoms with Crippen molar-refractivity contribution in [3.8, 4) is 0 Å². The molecule has 1 nitrogen and oxygen atoms in total. The molecule has 0 saturated carbocycles. The highest BCUT2D eigenvalue weighted by Crippen LogP contribution is 2.31. The number of hydrogen-bond acceptors (Lipinski definition) is 1. The molecule has 2 aromatic rings. The van der Waals surface area contributed by atoms with Gasteiger partial charge in [0.25, 0.3) is 0 Å². The summed E-state index contributed by atoms with van der Waals surface area (Å²) >= 11 is 3.20. The number of halogens is 4. The number of rotatable bonds is 0. The SMILES string of the molecule is Cc1ccc(Br)c2nc(C(F)(F)F)ccc12. The van der Waals surface area contributed by atoms with Crippen molar-refractivity contribution in [1.82, 2.24) is 4.98 Å². The zero-order valence-electron chi connectivity index (χ0n) is 8.27. The summed E-state index contributed by atoms with van der Waals surface area (Å²) in [6, 6.07) is 5.99. The van der Waals surface area contributed by atoms with Gasteiger partial charge in [0.2, 0.25) is 0 Å². The van der Waals surface area contributed by atoms with Crippen LogP contribution in [0.15, 0.2) is 28.7 Å². The van der Waals surface area contributed by atoms with Crippen LogP contribution in [-0.2, 0) is 6.18 Å². The zero-order valence-corrected chi connectivity index (χ0v) is 9.85. The van der Waals surface area contributed by atoms with Gasteiger partial charge in [-0.1, -0.05) is 12.1 Å². The lowest BCUT2D eigenvalue weighted by Gasteiger charge is -2.08. The second-order valence-corrected chi connectivity index (χ2v) is 4.31. The maximum Gasteiger partial charge on any atom is 0.433 e. The van der Waals surface area contributed by atoms with Crippen LogP contribution in [0.3, 0.4) is 0 Å².